The fraction of sp³-hybridized carbons (Fsp3) is 0.300. The maximum atomic E-state index is 15.0. The molecule has 2 aliphatic heterocycles. The van der Waals surface area contributed by atoms with Gasteiger partial charge in [-0.2, -0.15) is 0 Å². The van der Waals surface area contributed by atoms with Crippen LogP contribution in [0.1, 0.15) is 54.2 Å². The molecule has 3 aromatic carbocycles. The summed E-state index contributed by atoms with van der Waals surface area (Å²) in [6.45, 7) is 2.48. The highest BCUT2D eigenvalue weighted by Gasteiger charge is 2.35. The number of hydrogen-bond acceptors (Lipinski definition) is 8. The van der Waals surface area contributed by atoms with Crippen molar-refractivity contribution in [3.8, 4) is 11.5 Å². The van der Waals surface area contributed by atoms with Gasteiger partial charge in [0.1, 0.15) is 22.8 Å². The predicted octanol–water partition coefficient (Wildman–Crippen LogP) is 4.18. The number of pyridine rings is 1. The highest BCUT2D eigenvalue weighted by atomic mass is 19.1. The quantitative estimate of drug-likeness (QED) is 0.274. The molecule has 278 valence electrons. The van der Waals surface area contributed by atoms with Crippen LogP contribution < -0.4 is 15.4 Å². The summed E-state index contributed by atoms with van der Waals surface area (Å²) in [7, 11) is 3.27. The van der Waals surface area contributed by atoms with Gasteiger partial charge in [-0.15, -0.1) is 0 Å². The first-order valence-corrected chi connectivity index (χ1v) is 17.7. The van der Waals surface area contributed by atoms with E-state index in [1.807, 2.05) is 31.2 Å². The van der Waals surface area contributed by atoms with E-state index < -0.39 is 35.7 Å². The van der Waals surface area contributed by atoms with Gasteiger partial charge in [-0.1, -0.05) is 24.3 Å². The topological polar surface area (TPSA) is 148 Å². The number of aryl methyl sites for hydroxylation is 2. The van der Waals surface area contributed by atoms with Gasteiger partial charge in [0.15, 0.2) is 5.65 Å². The number of hydrogen-bond donors (Lipinski definition) is 2. The van der Waals surface area contributed by atoms with Gasteiger partial charge in [-0.3, -0.25) is 19.2 Å². The van der Waals surface area contributed by atoms with Crippen molar-refractivity contribution in [1.82, 2.24) is 35.0 Å². The van der Waals surface area contributed by atoms with Crippen LogP contribution >= 0.6 is 0 Å². The molecule has 4 heterocycles. The Bertz CT molecular complexity index is 2260. The molecule has 2 aromatic heterocycles. The summed E-state index contributed by atoms with van der Waals surface area (Å²) in [5, 5.41) is 5.89. The summed E-state index contributed by atoms with van der Waals surface area (Å²) in [5.41, 5.74) is 4.37. The first kappa shape index (κ1) is 36.2. The lowest BCUT2D eigenvalue weighted by Gasteiger charge is -2.39. The van der Waals surface area contributed by atoms with Crippen LogP contribution in [0.5, 0.6) is 11.5 Å². The third-order valence-corrected chi connectivity index (χ3v) is 9.73. The van der Waals surface area contributed by atoms with E-state index in [1.165, 1.54) is 42.3 Å². The van der Waals surface area contributed by atoms with Gasteiger partial charge in [-0.05, 0) is 72.9 Å². The Morgan fingerprint density at radius 3 is 2.67 bits per heavy atom. The van der Waals surface area contributed by atoms with Gasteiger partial charge in [0, 0.05) is 57.1 Å². The van der Waals surface area contributed by atoms with Gasteiger partial charge >= 0.3 is 0 Å². The molecule has 4 bridgehead atoms. The Kier molecular flexibility index (Phi) is 10.4. The Morgan fingerprint density at radius 2 is 1.83 bits per heavy atom. The predicted molar refractivity (Wildman–Crippen MR) is 197 cm³/mol. The number of likely N-dealkylation sites (tertiary alicyclic amines) is 1. The number of likely N-dealkylation sites (N-methyl/N-ethyl adjacent to an activating group) is 1. The largest absolute Gasteiger partial charge is 0.457 e. The van der Waals surface area contributed by atoms with Crippen LogP contribution in [-0.2, 0) is 29.6 Å². The van der Waals surface area contributed by atoms with E-state index in [0.717, 1.165) is 11.1 Å². The zero-order chi connectivity index (χ0) is 37.9. The molecule has 0 unspecified atom stereocenters. The average Bonchev–Trinajstić information content (AvgIpc) is 3.54. The molecule has 0 spiro atoms. The Morgan fingerprint density at radius 1 is 1.02 bits per heavy atom. The normalized spacial score (nSPS) is 17.8. The molecule has 2 N–H and O–H groups in total. The van der Waals surface area contributed by atoms with Crippen LogP contribution in [0.25, 0.3) is 11.2 Å². The van der Waals surface area contributed by atoms with E-state index in [0.29, 0.717) is 48.2 Å². The van der Waals surface area contributed by atoms with Crippen LogP contribution in [0.4, 0.5) is 4.39 Å². The standard InChI is InChI=1S/C40H40FN7O6/c1-24-6-4-5-7-26(24)8-11-43-38(50)27-16-28-18-31(17-27)54-30-15-25(14-29(41)19-30)22-53-34-10-13-48(20-33(34)45-35(49)21-46(2)39(28)51)40(52)32-9-12-42-37-36(32)44-23-47(37)3/h4-7,9,12,14-19,23,33-34H,8,10-11,13,20-22H2,1-3H3,(H,43,50)(H,45,49)/t33-,34+/m1/s1. The van der Waals surface area contributed by atoms with Crippen molar-refractivity contribution in [2.24, 2.45) is 7.05 Å². The first-order valence-electron chi connectivity index (χ1n) is 17.7. The van der Waals surface area contributed by atoms with Crippen LogP contribution in [0.15, 0.2) is 79.3 Å². The van der Waals surface area contributed by atoms with Crippen LogP contribution in [-0.4, -0.2) is 93.3 Å². The van der Waals surface area contributed by atoms with Crippen molar-refractivity contribution in [3.05, 3.63) is 118 Å². The number of fused-ring (bicyclic) bond motifs is 6. The van der Waals surface area contributed by atoms with Gasteiger partial charge in [-0.25, -0.2) is 14.4 Å². The number of carbonyl (C=O) groups excluding carboxylic acids is 4. The Balaban J connectivity index is 1.14. The van der Waals surface area contributed by atoms with E-state index in [1.54, 1.807) is 41.2 Å². The number of benzene rings is 3. The maximum Gasteiger partial charge on any atom is 0.256 e. The van der Waals surface area contributed by atoms with E-state index in [4.69, 9.17) is 9.47 Å². The number of nitrogens with zero attached hydrogens (tertiary/aromatic N) is 5. The number of amides is 4. The van der Waals surface area contributed by atoms with Crippen molar-refractivity contribution in [2.75, 3.05) is 33.2 Å². The summed E-state index contributed by atoms with van der Waals surface area (Å²) in [6.07, 6.45) is 3.60. The second-order valence-corrected chi connectivity index (χ2v) is 13.7. The molecule has 54 heavy (non-hydrogen) atoms. The first-order chi connectivity index (χ1) is 26.0. The fourth-order valence-electron chi connectivity index (χ4n) is 6.90. The molecule has 0 radical (unpaired) electrons. The van der Waals surface area contributed by atoms with Gasteiger partial charge < -0.3 is 34.5 Å². The smallest absolute Gasteiger partial charge is 0.256 e. The molecule has 0 aliphatic carbocycles. The lowest BCUT2D eigenvalue weighted by molar-refractivity contribution is -0.124. The molecule has 0 saturated carbocycles. The summed E-state index contributed by atoms with van der Waals surface area (Å²) >= 11 is 0. The minimum atomic E-state index is -0.657. The van der Waals surface area contributed by atoms with E-state index in [-0.39, 0.29) is 48.2 Å². The second kappa shape index (κ2) is 15.4. The lowest BCUT2D eigenvalue weighted by atomic mass is 10.0. The van der Waals surface area contributed by atoms with Crippen LogP contribution in [0, 0.1) is 12.7 Å². The van der Waals surface area contributed by atoms with Crippen LogP contribution in [0.2, 0.25) is 0 Å². The minimum absolute atomic E-state index is 0.00894. The number of ether oxygens (including phenoxy) is 2. The number of aromatic nitrogens is 3. The van der Waals surface area contributed by atoms with E-state index in [2.05, 4.69) is 20.6 Å². The van der Waals surface area contributed by atoms with Crippen molar-refractivity contribution in [3.63, 3.8) is 0 Å². The maximum absolute atomic E-state index is 15.0. The molecule has 13 nitrogen and oxygen atoms in total. The molecule has 1 fully saturated rings. The van der Waals surface area contributed by atoms with Crippen molar-refractivity contribution in [1.29, 1.82) is 0 Å². The summed E-state index contributed by atoms with van der Waals surface area (Å²) < 4.78 is 29.0. The third-order valence-electron chi connectivity index (χ3n) is 9.73. The SMILES string of the molecule is Cc1ccccc1CCNC(=O)c1cc2cc(c1)C(=O)N(C)CC(=O)N[C@@H]1CN(C(=O)c3ccnc4c3ncn4C)CC[C@@H]1OCc1cc(F)cc(c1)O2. The highest BCUT2D eigenvalue weighted by molar-refractivity contribution is 6.04. The number of imidazole rings is 1. The number of carbonyl (C=O) groups is 4. The Hall–Kier alpha value is -6.15. The highest BCUT2D eigenvalue weighted by Crippen LogP contribution is 2.28. The molecule has 2 atom stereocenters. The Labute approximate surface area is 311 Å². The second-order valence-electron chi connectivity index (χ2n) is 13.7. The number of nitrogens with one attached hydrogen (secondary N) is 2. The van der Waals surface area contributed by atoms with Crippen molar-refractivity contribution >= 4 is 34.8 Å². The summed E-state index contributed by atoms with van der Waals surface area (Å²) in [4.78, 5) is 66.1. The van der Waals surface area contributed by atoms with Gasteiger partial charge in [0.25, 0.3) is 17.7 Å². The summed E-state index contributed by atoms with van der Waals surface area (Å²) in [5.74, 6) is -2.00. The minimum Gasteiger partial charge on any atom is -0.457 e. The molecule has 4 amide bonds. The molecule has 14 heteroatoms. The van der Waals surface area contributed by atoms with Gasteiger partial charge in [0.2, 0.25) is 5.91 Å². The molecule has 2 aliphatic rings. The molecule has 5 aromatic rings. The molecule has 1 saturated heterocycles. The van der Waals surface area contributed by atoms with Crippen LogP contribution in [0.3, 0.4) is 0 Å². The number of piperidine rings is 1. The zero-order valence-corrected chi connectivity index (χ0v) is 30.2. The third kappa shape index (κ3) is 7.93. The fourth-order valence-corrected chi connectivity index (χ4v) is 6.90. The average molecular weight is 734 g/mol. The lowest BCUT2D eigenvalue weighted by Crippen LogP contribution is -2.58. The molecule has 7 rings (SSSR count). The van der Waals surface area contributed by atoms with E-state index >= 15 is 0 Å². The number of halogens is 1. The molecular formula is C40H40FN7O6. The zero-order valence-electron chi connectivity index (χ0n) is 30.2. The summed E-state index contributed by atoms with van der Waals surface area (Å²) in [6, 6.07) is 17.4. The molecular weight excluding hydrogens is 693 g/mol. The van der Waals surface area contributed by atoms with Gasteiger partial charge in [0.05, 0.1) is 37.2 Å². The monoisotopic (exact) mass is 733 g/mol. The number of rotatable bonds is 5. The van der Waals surface area contributed by atoms with Crippen molar-refractivity contribution < 1.29 is 33.0 Å². The van der Waals surface area contributed by atoms with E-state index in [9.17, 15) is 23.6 Å². The van der Waals surface area contributed by atoms with Crippen molar-refractivity contribution in [2.45, 2.75) is 38.5 Å².